The molecule has 1 aromatic carbocycles. The van der Waals surface area contributed by atoms with Gasteiger partial charge in [0, 0.05) is 36.5 Å². The van der Waals surface area contributed by atoms with Crippen molar-refractivity contribution in [3.63, 3.8) is 0 Å². The number of furan rings is 1. The number of nitrogens with zero attached hydrogens (tertiary/aromatic N) is 1. The van der Waals surface area contributed by atoms with Gasteiger partial charge in [0.05, 0.1) is 5.92 Å². The Morgan fingerprint density at radius 3 is 2.87 bits per heavy atom. The first-order valence-corrected chi connectivity index (χ1v) is 7.87. The molecule has 2 N–H and O–H groups in total. The molecule has 1 saturated heterocycles. The minimum atomic E-state index is -0.335. The van der Waals surface area contributed by atoms with Gasteiger partial charge in [0.1, 0.15) is 11.3 Å². The second-order valence-electron chi connectivity index (χ2n) is 5.79. The Kier molecular flexibility index (Phi) is 4.19. The van der Waals surface area contributed by atoms with Crippen LogP contribution in [0.4, 0.5) is 0 Å². The number of benzene rings is 1. The van der Waals surface area contributed by atoms with Gasteiger partial charge in [-0.1, -0.05) is 25.1 Å². The molecule has 1 aliphatic heterocycles. The van der Waals surface area contributed by atoms with Gasteiger partial charge in [-0.05, 0) is 18.6 Å². The van der Waals surface area contributed by atoms with Crippen LogP contribution in [0.25, 0.3) is 17.0 Å². The van der Waals surface area contributed by atoms with E-state index < -0.39 is 0 Å². The lowest BCUT2D eigenvalue weighted by molar-refractivity contribution is -0.125. The minimum absolute atomic E-state index is 0.0962. The molecule has 2 aromatic rings. The summed E-state index contributed by atoms with van der Waals surface area (Å²) in [5, 5.41) is 1.00. The summed E-state index contributed by atoms with van der Waals surface area (Å²) in [6.07, 6.45) is 4.77. The van der Waals surface area contributed by atoms with E-state index >= 15 is 0 Å². The number of carbonyl (C=O) groups excluding carboxylic acids is 2. The zero-order valence-corrected chi connectivity index (χ0v) is 13.1. The van der Waals surface area contributed by atoms with E-state index in [0.717, 1.165) is 28.7 Å². The van der Waals surface area contributed by atoms with E-state index in [-0.39, 0.29) is 17.7 Å². The van der Waals surface area contributed by atoms with Crippen LogP contribution in [0.5, 0.6) is 0 Å². The molecule has 5 heteroatoms. The Morgan fingerprint density at radius 1 is 1.39 bits per heavy atom. The SMILES string of the molecule is CCc1oc2ccccc2c1/C=C\C(=O)N1CC[C@@H](C(N)=O)C1. The summed E-state index contributed by atoms with van der Waals surface area (Å²) < 4.78 is 5.82. The lowest BCUT2D eigenvalue weighted by atomic mass is 10.1. The molecule has 1 aromatic heterocycles. The van der Waals surface area contributed by atoms with E-state index in [0.29, 0.717) is 19.5 Å². The lowest BCUT2D eigenvalue weighted by Crippen LogP contribution is -2.30. The molecule has 23 heavy (non-hydrogen) atoms. The third-order valence-corrected chi connectivity index (χ3v) is 4.33. The molecule has 0 saturated carbocycles. The fourth-order valence-corrected chi connectivity index (χ4v) is 3.01. The van der Waals surface area contributed by atoms with Gasteiger partial charge in [0.25, 0.3) is 0 Å². The summed E-state index contributed by atoms with van der Waals surface area (Å²) in [5.74, 6) is 0.208. The van der Waals surface area contributed by atoms with Crippen LogP contribution in [-0.2, 0) is 16.0 Å². The highest BCUT2D eigenvalue weighted by Gasteiger charge is 2.28. The van der Waals surface area contributed by atoms with Crippen molar-refractivity contribution in [2.24, 2.45) is 11.7 Å². The van der Waals surface area contributed by atoms with Crippen LogP contribution < -0.4 is 5.73 Å². The van der Waals surface area contributed by atoms with E-state index in [1.54, 1.807) is 11.0 Å². The number of rotatable bonds is 4. The van der Waals surface area contributed by atoms with Crippen LogP contribution in [0.2, 0.25) is 0 Å². The molecule has 1 atom stereocenters. The molecule has 0 aliphatic carbocycles. The molecule has 120 valence electrons. The first kappa shape index (κ1) is 15.3. The molecule has 2 heterocycles. The van der Waals surface area contributed by atoms with Crippen molar-refractivity contribution in [3.05, 3.63) is 41.7 Å². The average Bonchev–Trinajstić information content (AvgIpc) is 3.17. The zero-order valence-electron chi connectivity index (χ0n) is 13.1. The van der Waals surface area contributed by atoms with Gasteiger partial charge >= 0.3 is 0 Å². The minimum Gasteiger partial charge on any atom is -0.460 e. The number of likely N-dealkylation sites (tertiary alicyclic amines) is 1. The maximum atomic E-state index is 12.3. The first-order chi connectivity index (χ1) is 11.1. The summed E-state index contributed by atoms with van der Waals surface area (Å²) in [4.78, 5) is 25.2. The topological polar surface area (TPSA) is 76.5 Å². The number of carbonyl (C=O) groups is 2. The predicted octanol–water partition coefficient (Wildman–Crippen LogP) is 2.34. The number of aryl methyl sites for hydroxylation is 1. The van der Waals surface area contributed by atoms with Gasteiger partial charge < -0.3 is 15.1 Å². The van der Waals surface area contributed by atoms with E-state index in [1.165, 1.54) is 0 Å². The number of nitrogens with two attached hydrogens (primary N) is 1. The highest BCUT2D eigenvalue weighted by molar-refractivity contribution is 5.96. The van der Waals surface area contributed by atoms with Crippen molar-refractivity contribution in [1.29, 1.82) is 0 Å². The Labute approximate surface area is 134 Å². The number of amides is 2. The summed E-state index contributed by atoms with van der Waals surface area (Å²) >= 11 is 0. The van der Waals surface area contributed by atoms with Crippen LogP contribution >= 0.6 is 0 Å². The molecule has 1 fully saturated rings. The zero-order chi connectivity index (χ0) is 16.4. The van der Waals surface area contributed by atoms with Crippen molar-refractivity contribution in [1.82, 2.24) is 4.90 Å². The summed E-state index contributed by atoms with van der Waals surface area (Å²) in [7, 11) is 0. The Balaban J connectivity index is 1.80. The highest BCUT2D eigenvalue weighted by Crippen LogP contribution is 2.27. The Hall–Kier alpha value is -2.56. The quantitative estimate of drug-likeness (QED) is 0.880. The van der Waals surface area contributed by atoms with E-state index in [9.17, 15) is 9.59 Å². The normalized spacial score (nSPS) is 18.1. The Bertz CT molecular complexity index is 776. The molecular formula is C18H20N2O3. The van der Waals surface area contributed by atoms with Gasteiger partial charge in [-0.3, -0.25) is 9.59 Å². The van der Waals surface area contributed by atoms with Crippen LogP contribution in [0.1, 0.15) is 24.7 Å². The number of fused-ring (bicyclic) bond motifs is 1. The van der Waals surface area contributed by atoms with Crippen molar-refractivity contribution < 1.29 is 14.0 Å². The van der Waals surface area contributed by atoms with Crippen molar-refractivity contribution >= 4 is 28.9 Å². The maximum absolute atomic E-state index is 12.3. The molecule has 0 radical (unpaired) electrons. The van der Waals surface area contributed by atoms with Crippen molar-refractivity contribution in [2.45, 2.75) is 19.8 Å². The molecule has 0 spiro atoms. The molecule has 1 aliphatic rings. The number of hydrogen-bond acceptors (Lipinski definition) is 3. The second kappa shape index (κ2) is 6.28. The molecular weight excluding hydrogens is 292 g/mol. The van der Waals surface area contributed by atoms with Crippen LogP contribution in [0.15, 0.2) is 34.8 Å². The summed E-state index contributed by atoms with van der Waals surface area (Å²) in [6.45, 7) is 3.00. The molecule has 0 bridgehead atoms. The third-order valence-electron chi connectivity index (χ3n) is 4.33. The monoisotopic (exact) mass is 312 g/mol. The standard InChI is InChI=1S/C18H20N2O3/c1-2-15-14(13-5-3-4-6-16(13)23-15)7-8-17(21)20-10-9-12(11-20)18(19)22/h3-8,12H,2,9-11H2,1H3,(H2,19,22)/b8-7-/t12-/m1/s1. The van der Waals surface area contributed by atoms with Crippen LogP contribution in [0.3, 0.4) is 0 Å². The maximum Gasteiger partial charge on any atom is 0.246 e. The van der Waals surface area contributed by atoms with E-state index in [1.807, 2.05) is 37.3 Å². The van der Waals surface area contributed by atoms with Crippen molar-refractivity contribution in [2.75, 3.05) is 13.1 Å². The molecule has 5 nitrogen and oxygen atoms in total. The average molecular weight is 312 g/mol. The van der Waals surface area contributed by atoms with Crippen LogP contribution in [-0.4, -0.2) is 29.8 Å². The van der Waals surface area contributed by atoms with Gasteiger partial charge in [-0.15, -0.1) is 0 Å². The fraction of sp³-hybridized carbons (Fsp3) is 0.333. The largest absolute Gasteiger partial charge is 0.460 e. The third kappa shape index (κ3) is 2.99. The first-order valence-electron chi connectivity index (χ1n) is 7.87. The summed E-state index contributed by atoms with van der Waals surface area (Å²) in [6, 6.07) is 7.79. The van der Waals surface area contributed by atoms with Crippen molar-refractivity contribution in [3.8, 4) is 0 Å². The number of para-hydroxylation sites is 1. The van der Waals surface area contributed by atoms with E-state index in [4.69, 9.17) is 10.2 Å². The Morgan fingerprint density at radius 2 is 2.17 bits per heavy atom. The predicted molar refractivity (Wildman–Crippen MR) is 88.5 cm³/mol. The molecule has 3 rings (SSSR count). The lowest BCUT2D eigenvalue weighted by Gasteiger charge is -2.13. The van der Waals surface area contributed by atoms with Gasteiger partial charge in [-0.25, -0.2) is 0 Å². The van der Waals surface area contributed by atoms with Gasteiger partial charge in [0.2, 0.25) is 11.8 Å². The fourth-order valence-electron chi connectivity index (χ4n) is 3.01. The second-order valence-corrected chi connectivity index (χ2v) is 5.79. The highest BCUT2D eigenvalue weighted by atomic mass is 16.3. The van der Waals surface area contributed by atoms with Crippen LogP contribution in [0, 0.1) is 5.92 Å². The van der Waals surface area contributed by atoms with E-state index in [2.05, 4.69) is 0 Å². The van der Waals surface area contributed by atoms with Gasteiger partial charge in [0.15, 0.2) is 0 Å². The number of hydrogen-bond donors (Lipinski definition) is 1. The smallest absolute Gasteiger partial charge is 0.246 e. The molecule has 2 amide bonds. The molecule has 0 unspecified atom stereocenters. The van der Waals surface area contributed by atoms with Gasteiger partial charge in [-0.2, -0.15) is 0 Å². The number of primary amides is 1. The summed E-state index contributed by atoms with van der Waals surface area (Å²) in [5.41, 5.74) is 7.08.